The molecule has 6 heteroatoms. The third kappa shape index (κ3) is 4.76. The van der Waals surface area contributed by atoms with Gasteiger partial charge in [-0.1, -0.05) is 35.2 Å². The van der Waals surface area contributed by atoms with E-state index in [0.717, 1.165) is 17.3 Å². The Kier molecular flexibility index (Phi) is 5.79. The Balaban J connectivity index is 1.83. The largest absolute Gasteiger partial charge is 0.507 e. The first-order valence-corrected chi connectivity index (χ1v) is 7.93. The normalized spacial score (nSPS) is 16.2. The van der Waals surface area contributed by atoms with Gasteiger partial charge in [-0.05, 0) is 43.3 Å². The molecule has 1 fully saturated rings. The number of hydrazone groups is 1. The number of thiocarbonyl (C=S) groups is 1. The number of rotatable bonds is 3. The van der Waals surface area contributed by atoms with Crippen molar-refractivity contribution >= 4 is 39.5 Å². The van der Waals surface area contributed by atoms with Crippen LogP contribution in [0.4, 0.5) is 0 Å². The molecule has 0 aliphatic heterocycles. The molecule has 108 valence electrons. The van der Waals surface area contributed by atoms with Crippen LogP contribution in [0.2, 0.25) is 0 Å². The van der Waals surface area contributed by atoms with E-state index in [1.54, 1.807) is 24.4 Å². The van der Waals surface area contributed by atoms with Crippen LogP contribution >= 0.6 is 28.1 Å². The minimum atomic E-state index is 0.185. The maximum atomic E-state index is 9.67. The van der Waals surface area contributed by atoms with Crippen molar-refractivity contribution in [3.8, 4) is 5.75 Å². The number of hydrogen-bond acceptors (Lipinski definition) is 3. The summed E-state index contributed by atoms with van der Waals surface area (Å²) in [4.78, 5) is 0. The summed E-state index contributed by atoms with van der Waals surface area (Å²) in [6.45, 7) is 0. The third-order valence-electron chi connectivity index (χ3n) is 3.30. The van der Waals surface area contributed by atoms with Crippen molar-refractivity contribution in [2.75, 3.05) is 0 Å². The van der Waals surface area contributed by atoms with Crippen LogP contribution in [0.25, 0.3) is 0 Å². The highest BCUT2D eigenvalue weighted by Crippen LogP contribution is 2.20. The Bertz CT molecular complexity index is 501. The zero-order valence-electron chi connectivity index (χ0n) is 11.1. The molecule has 0 saturated heterocycles. The minimum absolute atomic E-state index is 0.185. The fourth-order valence-electron chi connectivity index (χ4n) is 2.25. The van der Waals surface area contributed by atoms with Crippen LogP contribution in [0, 0.1) is 0 Å². The highest BCUT2D eigenvalue weighted by molar-refractivity contribution is 9.10. The van der Waals surface area contributed by atoms with E-state index in [-0.39, 0.29) is 5.75 Å². The molecule has 20 heavy (non-hydrogen) atoms. The predicted molar refractivity (Wildman–Crippen MR) is 89.1 cm³/mol. The van der Waals surface area contributed by atoms with E-state index in [1.165, 1.54) is 19.3 Å². The Morgan fingerprint density at radius 2 is 2.10 bits per heavy atom. The fourth-order valence-corrected chi connectivity index (χ4v) is 2.85. The van der Waals surface area contributed by atoms with Crippen LogP contribution in [-0.4, -0.2) is 22.5 Å². The Morgan fingerprint density at radius 3 is 2.85 bits per heavy atom. The van der Waals surface area contributed by atoms with Crippen LogP contribution in [-0.2, 0) is 0 Å². The summed E-state index contributed by atoms with van der Waals surface area (Å²) >= 11 is 8.55. The number of hydrogen-bond donors (Lipinski definition) is 3. The average molecular weight is 356 g/mol. The Labute approximate surface area is 132 Å². The number of halogens is 1. The van der Waals surface area contributed by atoms with E-state index in [1.807, 2.05) is 0 Å². The van der Waals surface area contributed by atoms with Gasteiger partial charge >= 0.3 is 0 Å². The lowest BCUT2D eigenvalue weighted by atomic mass is 9.96. The van der Waals surface area contributed by atoms with Gasteiger partial charge in [0.1, 0.15) is 5.75 Å². The number of nitrogens with one attached hydrogen (secondary N) is 2. The molecule has 1 aliphatic carbocycles. The van der Waals surface area contributed by atoms with Crippen molar-refractivity contribution in [2.45, 2.75) is 38.1 Å². The lowest BCUT2D eigenvalue weighted by Crippen LogP contribution is -2.40. The van der Waals surface area contributed by atoms with E-state index in [9.17, 15) is 5.11 Å². The first kappa shape index (κ1) is 15.3. The first-order valence-electron chi connectivity index (χ1n) is 6.73. The highest BCUT2D eigenvalue weighted by atomic mass is 79.9. The summed E-state index contributed by atoms with van der Waals surface area (Å²) in [5.41, 5.74) is 3.42. The van der Waals surface area contributed by atoms with E-state index in [0.29, 0.717) is 16.7 Å². The van der Waals surface area contributed by atoms with E-state index < -0.39 is 0 Å². The average Bonchev–Trinajstić information content (AvgIpc) is 2.44. The predicted octanol–water partition coefficient (Wildman–Crippen LogP) is 3.29. The second-order valence-electron chi connectivity index (χ2n) is 4.88. The van der Waals surface area contributed by atoms with Crippen LogP contribution in [0.3, 0.4) is 0 Å². The summed E-state index contributed by atoms with van der Waals surface area (Å²) in [6.07, 6.45) is 7.72. The zero-order valence-corrected chi connectivity index (χ0v) is 13.5. The van der Waals surface area contributed by atoms with Gasteiger partial charge in [-0.2, -0.15) is 5.10 Å². The number of nitrogens with zero attached hydrogens (tertiary/aromatic N) is 1. The van der Waals surface area contributed by atoms with Gasteiger partial charge < -0.3 is 10.4 Å². The van der Waals surface area contributed by atoms with Crippen molar-refractivity contribution in [3.05, 3.63) is 28.2 Å². The third-order valence-corrected chi connectivity index (χ3v) is 4.00. The molecule has 1 saturated carbocycles. The lowest BCUT2D eigenvalue weighted by Gasteiger charge is -2.23. The van der Waals surface area contributed by atoms with Gasteiger partial charge in [0.2, 0.25) is 0 Å². The molecule has 0 amide bonds. The maximum Gasteiger partial charge on any atom is 0.187 e. The van der Waals surface area contributed by atoms with Crippen molar-refractivity contribution < 1.29 is 5.11 Å². The topological polar surface area (TPSA) is 56.7 Å². The number of aromatic hydroxyl groups is 1. The molecule has 4 nitrogen and oxygen atoms in total. The van der Waals surface area contributed by atoms with Crippen molar-refractivity contribution in [3.63, 3.8) is 0 Å². The van der Waals surface area contributed by atoms with Crippen LogP contribution in [0.1, 0.15) is 37.7 Å². The number of phenols is 1. The molecule has 0 radical (unpaired) electrons. The minimum Gasteiger partial charge on any atom is -0.507 e. The molecule has 1 aromatic carbocycles. The Hall–Kier alpha value is -1.14. The number of benzene rings is 1. The van der Waals surface area contributed by atoms with Gasteiger partial charge in [0, 0.05) is 16.1 Å². The molecule has 0 spiro atoms. The second-order valence-corrected chi connectivity index (χ2v) is 6.21. The summed E-state index contributed by atoms with van der Waals surface area (Å²) < 4.78 is 0.889. The van der Waals surface area contributed by atoms with Crippen molar-refractivity contribution in [2.24, 2.45) is 5.10 Å². The zero-order chi connectivity index (χ0) is 14.4. The van der Waals surface area contributed by atoms with Crippen LogP contribution in [0.5, 0.6) is 5.75 Å². The highest BCUT2D eigenvalue weighted by Gasteiger charge is 2.13. The monoisotopic (exact) mass is 355 g/mol. The van der Waals surface area contributed by atoms with Gasteiger partial charge in [0.05, 0.1) is 6.21 Å². The molecule has 0 atom stereocenters. The summed E-state index contributed by atoms with van der Waals surface area (Å²) in [7, 11) is 0. The maximum absolute atomic E-state index is 9.67. The van der Waals surface area contributed by atoms with E-state index in [4.69, 9.17) is 12.2 Å². The van der Waals surface area contributed by atoms with Crippen molar-refractivity contribution in [1.29, 1.82) is 0 Å². The molecule has 2 rings (SSSR count). The number of phenolic OH excluding ortho intramolecular Hbond substituents is 1. The molecule has 1 aromatic rings. The van der Waals surface area contributed by atoms with Gasteiger partial charge in [-0.15, -0.1) is 0 Å². The first-order chi connectivity index (χ1) is 9.65. The summed E-state index contributed by atoms with van der Waals surface area (Å²) in [5, 5.41) is 17.5. The molecule has 0 heterocycles. The van der Waals surface area contributed by atoms with Crippen molar-refractivity contribution in [1.82, 2.24) is 10.7 Å². The smallest absolute Gasteiger partial charge is 0.187 e. The summed E-state index contributed by atoms with van der Waals surface area (Å²) in [6, 6.07) is 5.63. The van der Waals surface area contributed by atoms with Crippen LogP contribution in [0.15, 0.2) is 27.8 Å². The second kappa shape index (κ2) is 7.59. The quantitative estimate of drug-likeness (QED) is 0.442. The summed E-state index contributed by atoms with van der Waals surface area (Å²) in [5.74, 6) is 0.185. The van der Waals surface area contributed by atoms with Gasteiger partial charge in [-0.3, -0.25) is 5.43 Å². The molecular weight excluding hydrogens is 338 g/mol. The van der Waals surface area contributed by atoms with Gasteiger partial charge in [0.25, 0.3) is 0 Å². The van der Waals surface area contributed by atoms with Gasteiger partial charge in [0.15, 0.2) is 5.11 Å². The standard InChI is InChI=1S/C14H18BrN3OS/c15-11-6-7-13(19)10(8-11)9-16-18-14(20)17-12-4-2-1-3-5-12/h6-9,12,19H,1-5H2,(H2,17,18,20). The van der Waals surface area contributed by atoms with Crippen LogP contribution < -0.4 is 10.7 Å². The fraction of sp³-hybridized carbons (Fsp3) is 0.429. The lowest BCUT2D eigenvalue weighted by molar-refractivity contribution is 0.412. The van der Waals surface area contributed by atoms with Gasteiger partial charge in [-0.25, -0.2) is 0 Å². The molecule has 1 aliphatic rings. The van der Waals surface area contributed by atoms with E-state index >= 15 is 0 Å². The molecule has 3 N–H and O–H groups in total. The Morgan fingerprint density at radius 1 is 1.35 bits per heavy atom. The van der Waals surface area contributed by atoms with E-state index in [2.05, 4.69) is 31.8 Å². The molecular formula is C14H18BrN3OS. The molecule has 0 unspecified atom stereocenters. The molecule has 0 aromatic heterocycles. The SMILES string of the molecule is Oc1ccc(Br)cc1C=NNC(=S)NC1CCCCC1. The molecule has 0 bridgehead atoms.